The first-order chi connectivity index (χ1) is 10.1. The van der Waals surface area contributed by atoms with Crippen LogP contribution in [-0.2, 0) is 6.54 Å². The van der Waals surface area contributed by atoms with E-state index < -0.39 is 0 Å². The van der Waals surface area contributed by atoms with Crippen molar-refractivity contribution in [2.45, 2.75) is 71.9 Å². The van der Waals surface area contributed by atoms with Gasteiger partial charge >= 0.3 is 5.69 Å². The minimum absolute atomic E-state index is 0.142. The molecule has 1 heterocycles. The van der Waals surface area contributed by atoms with Gasteiger partial charge in [-0.15, -0.1) is 0 Å². The first-order valence-corrected chi connectivity index (χ1v) is 8.06. The van der Waals surface area contributed by atoms with E-state index in [0.717, 1.165) is 19.3 Å². The summed E-state index contributed by atoms with van der Waals surface area (Å²) < 4.78 is 1.77. The molecule has 21 heavy (non-hydrogen) atoms. The van der Waals surface area contributed by atoms with E-state index in [-0.39, 0.29) is 10.6 Å². The van der Waals surface area contributed by atoms with Gasteiger partial charge in [-0.25, -0.2) is 4.68 Å². The van der Waals surface area contributed by atoms with E-state index in [9.17, 15) is 10.1 Å². The largest absolute Gasteiger partial charge is 0.362 e. The Morgan fingerprint density at radius 2 is 2.10 bits per heavy atom. The molecule has 1 fully saturated rings. The Balaban J connectivity index is 2.30. The highest BCUT2D eigenvalue weighted by molar-refractivity contribution is 5.60. The third-order valence-corrected chi connectivity index (χ3v) is 4.47. The van der Waals surface area contributed by atoms with Crippen molar-refractivity contribution in [1.29, 1.82) is 0 Å². The Hall–Kier alpha value is -1.59. The number of rotatable bonds is 6. The van der Waals surface area contributed by atoms with Crippen molar-refractivity contribution in [3.8, 4) is 0 Å². The summed E-state index contributed by atoms with van der Waals surface area (Å²) in [6.45, 7) is 6.68. The average Bonchev–Trinajstić information content (AvgIpc) is 2.76. The van der Waals surface area contributed by atoms with Gasteiger partial charge in [0, 0.05) is 12.6 Å². The van der Waals surface area contributed by atoms with Crippen LogP contribution in [0.25, 0.3) is 0 Å². The Morgan fingerprint density at radius 3 is 2.71 bits per heavy atom. The molecule has 6 heteroatoms. The van der Waals surface area contributed by atoms with Crippen LogP contribution in [0.15, 0.2) is 0 Å². The summed E-state index contributed by atoms with van der Waals surface area (Å²) in [5.74, 6) is 1.20. The van der Waals surface area contributed by atoms with Gasteiger partial charge in [-0.1, -0.05) is 33.1 Å². The molecule has 1 N–H and O–H groups in total. The maximum Gasteiger partial charge on any atom is 0.333 e. The monoisotopic (exact) mass is 294 g/mol. The van der Waals surface area contributed by atoms with Gasteiger partial charge < -0.3 is 5.32 Å². The smallest absolute Gasteiger partial charge is 0.333 e. The molecule has 0 spiro atoms. The van der Waals surface area contributed by atoms with Gasteiger partial charge in [-0.2, -0.15) is 5.10 Å². The van der Waals surface area contributed by atoms with E-state index in [1.807, 2.05) is 0 Å². The first-order valence-electron chi connectivity index (χ1n) is 8.06. The molecule has 0 radical (unpaired) electrons. The molecular formula is C15H26N4O2. The Labute approximate surface area is 126 Å². The van der Waals surface area contributed by atoms with E-state index in [1.165, 1.54) is 19.3 Å². The molecule has 1 saturated carbocycles. The van der Waals surface area contributed by atoms with Crippen molar-refractivity contribution in [3.05, 3.63) is 15.8 Å². The predicted octanol–water partition coefficient (Wildman–Crippen LogP) is 3.89. The van der Waals surface area contributed by atoms with E-state index in [4.69, 9.17) is 0 Å². The topological polar surface area (TPSA) is 73.0 Å². The maximum absolute atomic E-state index is 11.4. The minimum atomic E-state index is -0.305. The van der Waals surface area contributed by atoms with Crippen molar-refractivity contribution in [1.82, 2.24) is 9.78 Å². The van der Waals surface area contributed by atoms with Gasteiger partial charge in [0.25, 0.3) is 0 Å². The highest BCUT2D eigenvalue weighted by Gasteiger charge is 2.30. The summed E-state index contributed by atoms with van der Waals surface area (Å²) in [6, 6.07) is 0.328. The second-order valence-electron chi connectivity index (χ2n) is 5.97. The van der Waals surface area contributed by atoms with Crippen LogP contribution < -0.4 is 5.32 Å². The lowest BCUT2D eigenvalue weighted by Gasteiger charge is -2.32. The van der Waals surface area contributed by atoms with Crippen molar-refractivity contribution < 1.29 is 4.92 Å². The molecule has 1 aliphatic carbocycles. The predicted molar refractivity (Wildman–Crippen MR) is 83.6 cm³/mol. The number of nitrogens with one attached hydrogen (secondary N) is 1. The minimum Gasteiger partial charge on any atom is -0.362 e. The van der Waals surface area contributed by atoms with Crippen LogP contribution in [0.4, 0.5) is 11.5 Å². The van der Waals surface area contributed by atoms with Gasteiger partial charge in [-0.05, 0) is 32.1 Å². The normalized spacial score (nSPS) is 22.2. The molecule has 2 rings (SSSR count). The van der Waals surface area contributed by atoms with Crippen molar-refractivity contribution in [2.75, 3.05) is 5.32 Å². The molecule has 0 saturated heterocycles. The standard InChI is InChI=1S/C15H26N4O2/c1-4-10-18-15(14(19(20)21)11(3)17-18)16-13-9-7-6-8-12(13)5-2/h12-13,16H,4-10H2,1-3H3. The van der Waals surface area contributed by atoms with E-state index in [0.29, 0.717) is 30.0 Å². The first kappa shape index (κ1) is 15.8. The summed E-state index contributed by atoms with van der Waals surface area (Å²) in [5, 5.41) is 19.2. The molecule has 6 nitrogen and oxygen atoms in total. The summed E-state index contributed by atoms with van der Waals surface area (Å²) in [4.78, 5) is 11.1. The second-order valence-corrected chi connectivity index (χ2v) is 5.97. The Bertz CT molecular complexity index is 498. The number of hydrogen-bond acceptors (Lipinski definition) is 4. The lowest BCUT2D eigenvalue weighted by molar-refractivity contribution is -0.384. The summed E-state index contributed by atoms with van der Waals surface area (Å²) in [5.41, 5.74) is 0.642. The Kier molecular flexibility index (Phi) is 5.20. The van der Waals surface area contributed by atoms with Crippen LogP contribution in [0.1, 0.15) is 58.1 Å². The van der Waals surface area contributed by atoms with Crippen molar-refractivity contribution >= 4 is 11.5 Å². The van der Waals surface area contributed by atoms with Crippen LogP contribution in [0, 0.1) is 23.0 Å². The van der Waals surface area contributed by atoms with Gasteiger partial charge in [0.05, 0.1) is 4.92 Å². The molecule has 0 aliphatic heterocycles. The fraction of sp³-hybridized carbons (Fsp3) is 0.800. The molecule has 0 amide bonds. The molecule has 1 aromatic heterocycles. The SMILES string of the molecule is CCCn1nc(C)c([N+](=O)[O-])c1NC1CCCCC1CC. The lowest BCUT2D eigenvalue weighted by atomic mass is 9.83. The number of nitrogens with zero attached hydrogens (tertiary/aromatic N) is 3. The molecular weight excluding hydrogens is 268 g/mol. The fourth-order valence-corrected chi connectivity index (χ4v) is 3.37. The van der Waals surface area contributed by atoms with Crippen LogP contribution >= 0.6 is 0 Å². The molecule has 1 aliphatic rings. The third-order valence-electron chi connectivity index (χ3n) is 4.47. The van der Waals surface area contributed by atoms with Gasteiger partial charge in [0.1, 0.15) is 5.69 Å². The van der Waals surface area contributed by atoms with E-state index >= 15 is 0 Å². The summed E-state index contributed by atoms with van der Waals surface area (Å²) in [7, 11) is 0. The zero-order chi connectivity index (χ0) is 15.4. The molecule has 2 unspecified atom stereocenters. The van der Waals surface area contributed by atoms with Gasteiger partial charge in [0.15, 0.2) is 0 Å². The molecule has 118 valence electrons. The summed E-state index contributed by atoms with van der Waals surface area (Å²) in [6.07, 6.45) is 6.80. The number of aromatic nitrogens is 2. The summed E-state index contributed by atoms with van der Waals surface area (Å²) >= 11 is 0. The molecule has 1 aromatic rings. The van der Waals surface area contributed by atoms with Crippen LogP contribution in [0.2, 0.25) is 0 Å². The fourth-order valence-electron chi connectivity index (χ4n) is 3.37. The quantitative estimate of drug-likeness (QED) is 0.638. The van der Waals surface area contributed by atoms with Crippen LogP contribution in [-0.4, -0.2) is 20.7 Å². The Morgan fingerprint density at radius 1 is 1.38 bits per heavy atom. The molecule has 2 atom stereocenters. The number of anilines is 1. The van der Waals surface area contributed by atoms with Gasteiger partial charge in [-0.3, -0.25) is 10.1 Å². The van der Waals surface area contributed by atoms with E-state index in [1.54, 1.807) is 11.6 Å². The van der Waals surface area contributed by atoms with Gasteiger partial charge in [0.2, 0.25) is 5.82 Å². The average molecular weight is 294 g/mol. The number of aryl methyl sites for hydroxylation is 2. The van der Waals surface area contributed by atoms with Crippen LogP contribution in [0.5, 0.6) is 0 Å². The zero-order valence-corrected chi connectivity index (χ0v) is 13.3. The highest BCUT2D eigenvalue weighted by atomic mass is 16.6. The third kappa shape index (κ3) is 3.36. The lowest BCUT2D eigenvalue weighted by Crippen LogP contribution is -2.33. The van der Waals surface area contributed by atoms with E-state index in [2.05, 4.69) is 24.3 Å². The molecule has 0 aromatic carbocycles. The molecule has 0 bridgehead atoms. The highest BCUT2D eigenvalue weighted by Crippen LogP contribution is 2.34. The van der Waals surface area contributed by atoms with Crippen LogP contribution in [0.3, 0.4) is 0 Å². The zero-order valence-electron chi connectivity index (χ0n) is 13.3. The van der Waals surface area contributed by atoms with Crippen molar-refractivity contribution in [3.63, 3.8) is 0 Å². The second kappa shape index (κ2) is 6.91. The number of nitro groups is 1. The van der Waals surface area contributed by atoms with Crippen molar-refractivity contribution in [2.24, 2.45) is 5.92 Å². The number of hydrogen-bond donors (Lipinski definition) is 1. The maximum atomic E-state index is 11.4.